The molecule has 0 heterocycles. The highest BCUT2D eigenvalue weighted by Crippen LogP contribution is 2.38. The van der Waals surface area contributed by atoms with Gasteiger partial charge in [-0.2, -0.15) is 8.42 Å². The fourth-order valence-electron chi connectivity index (χ4n) is 1.61. The topological polar surface area (TPSA) is 69.7 Å². The van der Waals surface area contributed by atoms with Gasteiger partial charge in [0.05, 0.1) is 22.2 Å². The summed E-state index contributed by atoms with van der Waals surface area (Å²) in [5.41, 5.74) is 0.221. The number of methoxy groups -OCH3 is 1. The first-order valence-electron chi connectivity index (χ1n) is 6.02. The van der Waals surface area contributed by atoms with Crippen molar-refractivity contribution in [2.45, 2.75) is 4.90 Å². The zero-order valence-corrected chi connectivity index (χ0v) is 15.5. The molecule has 2 rings (SSSR count). The summed E-state index contributed by atoms with van der Waals surface area (Å²) >= 11 is 15.0. The quantitative estimate of drug-likeness (QED) is 0.403. The van der Waals surface area contributed by atoms with E-state index in [4.69, 9.17) is 27.4 Å². The molecule has 0 radical (unpaired) electrons. The Morgan fingerprint density at radius 1 is 1.09 bits per heavy atom. The minimum atomic E-state index is -4.12. The van der Waals surface area contributed by atoms with E-state index in [2.05, 4.69) is 20.7 Å². The molecular formula is C14H9BrCl2O5S. The van der Waals surface area contributed by atoms with Crippen LogP contribution in [0.25, 0.3) is 0 Å². The molecule has 2 aromatic rings. The van der Waals surface area contributed by atoms with Crippen LogP contribution >= 0.6 is 39.1 Å². The number of halogens is 3. The Labute approximate surface area is 151 Å². The molecule has 0 atom stereocenters. The summed E-state index contributed by atoms with van der Waals surface area (Å²) in [6, 6.07) is 7.91. The fraction of sp³-hybridized carbons (Fsp3) is 0.0714. The van der Waals surface area contributed by atoms with Crippen LogP contribution in [0.2, 0.25) is 10.0 Å². The summed E-state index contributed by atoms with van der Waals surface area (Å²) in [5.74, 6) is -0.639. The molecule has 0 N–H and O–H groups in total. The normalized spacial score (nSPS) is 11.1. The van der Waals surface area contributed by atoms with Crippen LogP contribution in [0, 0.1) is 0 Å². The Hall–Kier alpha value is -1.28. The Kier molecular flexibility index (Phi) is 5.57. The van der Waals surface area contributed by atoms with Gasteiger partial charge in [-0.05, 0) is 52.3 Å². The summed E-state index contributed by atoms with van der Waals surface area (Å²) in [4.78, 5) is 11.2. The number of hydrogen-bond acceptors (Lipinski definition) is 5. The molecule has 5 nitrogen and oxygen atoms in total. The number of carbonyl (C=O) groups excluding carboxylic acids is 1. The van der Waals surface area contributed by atoms with E-state index >= 15 is 0 Å². The first-order valence-corrected chi connectivity index (χ1v) is 8.98. The van der Waals surface area contributed by atoms with Gasteiger partial charge in [0, 0.05) is 0 Å². The van der Waals surface area contributed by atoms with Crippen LogP contribution in [0.1, 0.15) is 10.4 Å². The first kappa shape index (κ1) is 18.1. The van der Waals surface area contributed by atoms with E-state index in [1.54, 1.807) is 0 Å². The highest BCUT2D eigenvalue weighted by molar-refractivity contribution is 9.10. The summed E-state index contributed by atoms with van der Waals surface area (Å²) in [6.45, 7) is 0. The molecule has 0 saturated carbocycles. The summed E-state index contributed by atoms with van der Waals surface area (Å²) in [5, 5.41) is 0.356. The lowest BCUT2D eigenvalue weighted by molar-refractivity contribution is 0.0600. The molecule has 0 fully saturated rings. The van der Waals surface area contributed by atoms with Gasteiger partial charge in [0.15, 0.2) is 5.75 Å². The van der Waals surface area contributed by atoms with Crippen molar-refractivity contribution in [3.63, 3.8) is 0 Å². The average molecular weight is 440 g/mol. The molecule has 2 aromatic carbocycles. The number of rotatable bonds is 4. The Balaban J connectivity index is 2.32. The second kappa shape index (κ2) is 7.09. The highest BCUT2D eigenvalue weighted by atomic mass is 79.9. The zero-order chi connectivity index (χ0) is 17.2. The molecule has 0 spiro atoms. The monoisotopic (exact) mass is 438 g/mol. The van der Waals surface area contributed by atoms with E-state index in [-0.39, 0.29) is 21.2 Å². The molecule has 0 amide bonds. The molecule has 9 heteroatoms. The summed E-state index contributed by atoms with van der Waals surface area (Å²) in [7, 11) is -2.88. The van der Waals surface area contributed by atoms with Gasteiger partial charge in [-0.1, -0.05) is 23.2 Å². The lowest BCUT2D eigenvalue weighted by Crippen LogP contribution is -2.11. The van der Waals surface area contributed by atoms with E-state index in [1.165, 1.54) is 43.5 Å². The van der Waals surface area contributed by atoms with Crippen LogP contribution in [0.3, 0.4) is 0 Å². The Morgan fingerprint density at radius 2 is 1.70 bits per heavy atom. The molecule has 0 aliphatic rings. The van der Waals surface area contributed by atoms with Gasteiger partial charge in [-0.25, -0.2) is 4.79 Å². The van der Waals surface area contributed by atoms with E-state index in [1.807, 2.05) is 0 Å². The van der Waals surface area contributed by atoms with Crippen molar-refractivity contribution >= 4 is 55.2 Å². The Bertz CT molecular complexity index is 850. The molecule has 122 valence electrons. The average Bonchev–Trinajstić information content (AvgIpc) is 2.54. The highest BCUT2D eigenvalue weighted by Gasteiger charge is 2.20. The van der Waals surface area contributed by atoms with E-state index in [9.17, 15) is 13.2 Å². The van der Waals surface area contributed by atoms with Crippen LogP contribution < -0.4 is 4.18 Å². The van der Waals surface area contributed by atoms with Gasteiger partial charge in [-0.3, -0.25) is 0 Å². The third kappa shape index (κ3) is 3.98. The van der Waals surface area contributed by atoms with Gasteiger partial charge in [0.1, 0.15) is 9.92 Å². The molecule has 0 aromatic heterocycles. The van der Waals surface area contributed by atoms with Crippen molar-refractivity contribution in [2.24, 2.45) is 0 Å². The smallest absolute Gasteiger partial charge is 0.339 e. The summed E-state index contributed by atoms with van der Waals surface area (Å²) in [6.07, 6.45) is 0. The maximum absolute atomic E-state index is 12.3. The van der Waals surface area contributed by atoms with Crippen LogP contribution in [0.5, 0.6) is 5.75 Å². The maximum atomic E-state index is 12.3. The SMILES string of the molecule is COC(=O)c1ccc(S(=O)(=O)Oc2ccc(Cl)c(Br)c2Cl)cc1. The first-order chi connectivity index (χ1) is 10.8. The lowest BCUT2D eigenvalue weighted by atomic mass is 10.2. The molecule has 0 unspecified atom stereocenters. The third-order valence-corrected chi connectivity index (χ3v) is 5.98. The predicted molar refractivity (Wildman–Crippen MR) is 89.8 cm³/mol. The van der Waals surface area contributed by atoms with Crippen LogP contribution in [-0.4, -0.2) is 21.5 Å². The zero-order valence-electron chi connectivity index (χ0n) is 11.5. The third-order valence-electron chi connectivity index (χ3n) is 2.76. The largest absolute Gasteiger partial charge is 0.465 e. The van der Waals surface area contributed by atoms with Crippen molar-refractivity contribution in [3.8, 4) is 5.75 Å². The number of benzene rings is 2. The lowest BCUT2D eigenvalue weighted by Gasteiger charge is -2.10. The second-order valence-corrected chi connectivity index (χ2v) is 7.35. The van der Waals surface area contributed by atoms with Gasteiger partial charge in [0.25, 0.3) is 0 Å². The molecule has 23 heavy (non-hydrogen) atoms. The molecule has 0 saturated heterocycles. The van der Waals surface area contributed by atoms with Crippen molar-refractivity contribution in [1.82, 2.24) is 0 Å². The number of carbonyl (C=O) groups is 1. The fourth-order valence-corrected chi connectivity index (χ4v) is 3.34. The van der Waals surface area contributed by atoms with Crippen molar-refractivity contribution in [2.75, 3.05) is 7.11 Å². The summed E-state index contributed by atoms with van der Waals surface area (Å²) < 4.78 is 34.4. The number of ether oxygens (including phenoxy) is 1. The van der Waals surface area contributed by atoms with E-state index in [0.717, 1.165) is 0 Å². The van der Waals surface area contributed by atoms with E-state index < -0.39 is 16.1 Å². The van der Waals surface area contributed by atoms with Crippen LogP contribution in [-0.2, 0) is 14.9 Å². The molecular weight excluding hydrogens is 431 g/mol. The predicted octanol–water partition coefficient (Wildman–Crippen LogP) is 4.31. The van der Waals surface area contributed by atoms with Crippen molar-refractivity contribution in [1.29, 1.82) is 0 Å². The number of hydrogen-bond donors (Lipinski definition) is 0. The maximum Gasteiger partial charge on any atom is 0.339 e. The van der Waals surface area contributed by atoms with Gasteiger partial charge >= 0.3 is 16.1 Å². The van der Waals surface area contributed by atoms with Gasteiger partial charge < -0.3 is 8.92 Å². The van der Waals surface area contributed by atoms with Gasteiger partial charge in [0.2, 0.25) is 0 Å². The minimum Gasteiger partial charge on any atom is -0.465 e. The standard InChI is InChI=1S/C14H9BrCl2O5S/c1-21-14(18)8-2-4-9(5-3-8)23(19,20)22-11-7-6-10(16)12(15)13(11)17/h2-7H,1H3. The van der Waals surface area contributed by atoms with Crippen LogP contribution in [0.15, 0.2) is 45.8 Å². The van der Waals surface area contributed by atoms with Crippen LogP contribution in [0.4, 0.5) is 0 Å². The number of esters is 1. The second-order valence-electron chi connectivity index (χ2n) is 4.23. The van der Waals surface area contributed by atoms with Crippen molar-refractivity contribution < 1.29 is 22.1 Å². The molecule has 0 bridgehead atoms. The van der Waals surface area contributed by atoms with Crippen molar-refractivity contribution in [3.05, 3.63) is 56.5 Å². The Morgan fingerprint density at radius 3 is 2.26 bits per heavy atom. The van der Waals surface area contributed by atoms with E-state index in [0.29, 0.717) is 9.50 Å². The molecule has 0 aliphatic carbocycles. The molecule has 0 aliphatic heterocycles. The minimum absolute atomic E-state index is 0.0345. The van der Waals surface area contributed by atoms with Gasteiger partial charge in [-0.15, -0.1) is 0 Å².